The summed E-state index contributed by atoms with van der Waals surface area (Å²) in [6.45, 7) is 0. The summed E-state index contributed by atoms with van der Waals surface area (Å²) in [4.78, 5) is 2.17. The Bertz CT molecular complexity index is 1320. The van der Waals surface area contributed by atoms with E-state index in [4.69, 9.17) is 0 Å². The number of hydrogen-bond donors (Lipinski definition) is 0. The lowest BCUT2D eigenvalue weighted by molar-refractivity contribution is 1.14. The number of hydrogen-bond acceptors (Lipinski definition) is 1. The summed E-state index contributed by atoms with van der Waals surface area (Å²) in [6.07, 6.45) is 4.54. The highest BCUT2D eigenvalue weighted by molar-refractivity contribution is 6.09. The van der Waals surface area contributed by atoms with E-state index in [2.05, 4.69) is 122 Å². The van der Waals surface area contributed by atoms with Gasteiger partial charge in [-0.15, -0.1) is 0 Å². The molecule has 0 fully saturated rings. The fraction of sp³-hybridized carbons (Fsp3) is 0.0714. The fourth-order valence-electron chi connectivity index (χ4n) is 4.24. The van der Waals surface area contributed by atoms with Gasteiger partial charge >= 0.3 is 0 Å². The van der Waals surface area contributed by atoms with Crippen LogP contribution in [0.15, 0.2) is 91.0 Å². The van der Waals surface area contributed by atoms with Crippen LogP contribution in [0.4, 0.5) is 5.69 Å². The van der Waals surface area contributed by atoms with Crippen LogP contribution in [-0.2, 0) is 0 Å². The molecule has 0 saturated carbocycles. The molecule has 0 radical (unpaired) electrons. The molecule has 140 valence electrons. The molecule has 0 atom stereocenters. The topological polar surface area (TPSA) is 3.24 Å². The van der Waals surface area contributed by atoms with Crippen LogP contribution in [0.1, 0.15) is 11.1 Å². The van der Waals surface area contributed by atoms with Crippen molar-refractivity contribution in [2.45, 2.75) is 0 Å². The van der Waals surface area contributed by atoms with Gasteiger partial charge in [-0.2, -0.15) is 0 Å². The van der Waals surface area contributed by atoms with E-state index in [0.717, 1.165) is 0 Å². The highest BCUT2D eigenvalue weighted by Crippen LogP contribution is 2.32. The van der Waals surface area contributed by atoms with Gasteiger partial charge in [0.2, 0.25) is 0 Å². The van der Waals surface area contributed by atoms with Crippen LogP contribution in [0, 0.1) is 0 Å². The number of nitrogens with zero attached hydrogens (tertiary/aromatic N) is 1. The lowest BCUT2D eigenvalue weighted by Crippen LogP contribution is -2.09. The Morgan fingerprint density at radius 1 is 0.552 bits per heavy atom. The van der Waals surface area contributed by atoms with E-state index >= 15 is 0 Å². The minimum Gasteiger partial charge on any atom is -0.377 e. The van der Waals surface area contributed by atoms with Crippen LogP contribution in [0.5, 0.6) is 0 Å². The SMILES string of the molecule is CN(C)c1ccc(/C=C/c2c3ccccc3cc3ccccc23)c2ccccc12. The molecule has 0 heterocycles. The van der Waals surface area contributed by atoms with Crippen LogP contribution in [0.3, 0.4) is 0 Å². The molecular weight excluding hydrogens is 350 g/mol. The Balaban J connectivity index is 1.73. The summed E-state index contributed by atoms with van der Waals surface area (Å²) < 4.78 is 0. The van der Waals surface area contributed by atoms with E-state index in [-0.39, 0.29) is 0 Å². The molecule has 1 heteroatoms. The average Bonchev–Trinajstić information content (AvgIpc) is 2.76. The Kier molecular flexibility index (Phi) is 4.29. The molecule has 5 aromatic rings. The molecule has 0 aliphatic carbocycles. The number of anilines is 1. The molecule has 0 bridgehead atoms. The summed E-state index contributed by atoms with van der Waals surface area (Å²) in [5.74, 6) is 0. The van der Waals surface area contributed by atoms with Crippen LogP contribution in [0.2, 0.25) is 0 Å². The number of benzene rings is 5. The van der Waals surface area contributed by atoms with Gasteiger partial charge in [0.25, 0.3) is 0 Å². The van der Waals surface area contributed by atoms with Crippen LogP contribution >= 0.6 is 0 Å². The van der Waals surface area contributed by atoms with E-state index in [1.807, 2.05) is 0 Å². The lowest BCUT2D eigenvalue weighted by atomic mass is 9.95. The minimum atomic E-state index is 1.24. The molecule has 0 spiro atoms. The molecule has 1 nitrogen and oxygen atoms in total. The summed E-state index contributed by atoms with van der Waals surface area (Å²) in [5.41, 5.74) is 3.76. The van der Waals surface area contributed by atoms with Crippen molar-refractivity contribution in [3.8, 4) is 0 Å². The van der Waals surface area contributed by atoms with Crippen molar-refractivity contribution in [2.75, 3.05) is 19.0 Å². The maximum absolute atomic E-state index is 2.28. The van der Waals surface area contributed by atoms with Crippen molar-refractivity contribution in [1.29, 1.82) is 0 Å². The van der Waals surface area contributed by atoms with Crippen molar-refractivity contribution < 1.29 is 0 Å². The monoisotopic (exact) mass is 373 g/mol. The zero-order valence-electron chi connectivity index (χ0n) is 16.8. The Labute approximate surface area is 171 Å². The molecule has 29 heavy (non-hydrogen) atoms. The largest absolute Gasteiger partial charge is 0.377 e. The maximum atomic E-state index is 2.28. The smallest absolute Gasteiger partial charge is 0.0441 e. The van der Waals surface area contributed by atoms with Gasteiger partial charge in [0.15, 0.2) is 0 Å². The fourth-order valence-corrected chi connectivity index (χ4v) is 4.24. The second kappa shape index (κ2) is 7.10. The van der Waals surface area contributed by atoms with Crippen molar-refractivity contribution in [1.82, 2.24) is 0 Å². The molecule has 0 saturated heterocycles. The normalized spacial score (nSPS) is 11.7. The van der Waals surface area contributed by atoms with E-state index in [0.29, 0.717) is 0 Å². The van der Waals surface area contributed by atoms with Gasteiger partial charge < -0.3 is 4.90 Å². The van der Waals surface area contributed by atoms with E-state index < -0.39 is 0 Å². The minimum absolute atomic E-state index is 1.24. The van der Waals surface area contributed by atoms with Crippen LogP contribution in [-0.4, -0.2) is 14.1 Å². The van der Waals surface area contributed by atoms with Gasteiger partial charge in [-0.3, -0.25) is 0 Å². The molecule has 0 amide bonds. The van der Waals surface area contributed by atoms with Crippen LogP contribution in [0.25, 0.3) is 44.5 Å². The van der Waals surface area contributed by atoms with Crippen molar-refractivity contribution in [3.05, 3.63) is 102 Å². The summed E-state index contributed by atoms with van der Waals surface area (Å²) in [7, 11) is 4.19. The standard InChI is InChI=1S/C28H23N/c1-29(2)28-18-16-20(23-11-7-8-14-27(23)28)15-17-26-24-12-5-3-9-21(24)19-22-10-4-6-13-25(22)26/h3-19H,1-2H3/b17-15+. The molecule has 5 aromatic carbocycles. The zero-order chi connectivity index (χ0) is 19.8. The predicted molar refractivity (Wildman–Crippen MR) is 129 cm³/mol. The molecule has 0 N–H and O–H groups in total. The molecular formula is C28H23N. The van der Waals surface area contributed by atoms with Crippen LogP contribution < -0.4 is 4.90 Å². The Hall–Kier alpha value is -3.58. The zero-order valence-corrected chi connectivity index (χ0v) is 16.8. The number of fused-ring (bicyclic) bond motifs is 3. The molecule has 5 rings (SSSR count). The lowest BCUT2D eigenvalue weighted by Gasteiger charge is -2.16. The van der Waals surface area contributed by atoms with Crippen molar-refractivity contribution in [3.63, 3.8) is 0 Å². The predicted octanol–water partition coefficient (Wildman–Crippen LogP) is 7.38. The van der Waals surface area contributed by atoms with Gasteiger partial charge in [-0.05, 0) is 50.2 Å². The van der Waals surface area contributed by atoms with Gasteiger partial charge in [0.1, 0.15) is 0 Å². The quantitative estimate of drug-likeness (QED) is 0.235. The third-order valence-corrected chi connectivity index (χ3v) is 5.66. The van der Waals surface area contributed by atoms with Crippen molar-refractivity contribution in [2.24, 2.45) is 0 Å². The maximum Gasteiger partial charge on any atom is 0.0441 e. The molecule has 0 unspecified atom stereocenters. The Morgan fingerprint density at radius 2 is 1.10 bits per heavy atom. The first-order valence-electron chi connectivity index (χ1n) is 10.00. The second-order valence-corrected chi connectivity index (χ2v) is 7.68. The van der Waals surface area contributed by atoms with Gasteiger partial charge in [-0.25, -0.2) is 0 Å². The highest BCUT2D eigenvalue weighted by Gasteiger charge is 2.07. The average molecular weight is 373 g/mol. The third-order valence-electron chi connectivity index (χ3n) is 5.66. The van der Waals surface area contributed by atoms with Gasteiger partial charge in [-0.1, -0.05) is 91.0 Å². The first-order valence-corrected chi connectivity index (χ1v) is 10.00. The Morgan fingerprint density at radius 3 is 1.72 bits per heavy atom. The van der Waals surface area contributed by atoms with E-state index in [1.165, 1.54) is 49.1 Å². The number of rotatable bonds is 3. The molecule has 0 aliphatic heterocycles. The van der Waals surface area contributed by atoms with Crippen molar-refractivity contribution >= 4 is 50.2 Å². The summed E-state index contributed by atoms with van der Waals surface area (Å²) in [5, 5.41) is 7.69. The van der Waals surface area contributed by atoms with Gasteiger partial charge in [0, 0.05) is 25.2 Å². The van der Waals surface area contributed by atoms with E-state index in [1.54, 1.807) is 0 Å². The first-order chi connectivity index (χ1) is 14.2. The molecule has 0 aromatic heterocycles. The second-order valence-electron chi connectivity index (χ2n) is 7.68. The van der Waals surface area contributed by atoms with E-state index in [9.17, 15) is 0 Å². The van der Waals surface area contributed by atoms with Gasteiger partial charge in [0.05, 0.1) is 0 Å². The highest BCUT2D eigenvalue weighted by atomic mass is 15.1. The third kappa shape index (κ3) is 3.05. The summed E-state index contributed by atoms with van der Waals surface area (Å²) in [6, 6.07) is 32.6. The molecule has 0 aliphatic rings. The first kappa shape index (κ1) is 17.5. The summed E-state index contributed by atoms with van der Waals surface area (Å²) >= 11 is 0.